The van der Waals surface area contributed by atoms with Gasteiger partial charge < -0.3 is 15.2 Å². The van der Waals surface area contributed by atoms with E-state index in [1.165, 1.54) is 0 Å². The Morgan fingerprint density at radius 2 is 2.15 bits per heavy atom. The first-order chi connectivity index (χ1) is 6.18. The minimum absolute atomic E-state index is 0.217. The first-order valence-electron chi connectivity index (χ1n) is 4.16. The van der Waals surface area contributed by atoms with Crippen molar-refractivity contribution in [3.63, 3.8) is 0 Å². The molecule has 0 fully saturated rings. The van der Waals surface area contributed by atoms with Crippen molar-refractivity contribution in [3.05, 3.63) is 30.0 Å². The van der Waals surface area contributed by atoms with Gasteiger partial charge in [-0.05, 0) is 25.1 Å². The van der Waals surface area contributed by atoms with Crippen molar-refractivity contribution >= 4 is 10.9 Å². The molecular formula is C10H11NO2. The minimum atomic E-state index is -0.518. The Balaban J connectivity index is 2.71. The van der Waals surface area contributed by atoms with Crippen LogP contribution in [0.15, 0.2) is 24.4 Å². The van der Waals surface area contributed by atoms with Crippen LogP contribution in [-0.4, -0.2) is 15.2 Å². The summed E-state index contributed by atoms with van der Waals surface area (Å²) in [7, 11) is 0. The van der Waals surface area contributed by atoms with Crippen molar-refractivity contribution in [1.29, 1.82) is 0 Å². The quantitative estimate of drug-likeness (QED) is 0.623. The van der Waals surface area contributed by atoms with Crippen molar-refractivity contribution in [3.8, 4) is 5.75 Å². The molecule has 0 bridgehead atoms. The third-order valence-corrected chi connectivity index (χ3v) is 2.15. The second kappa shape index (κ2) is 2.78. The maximum Gasteiger partial charge on any atom is 0.116 e. The molecule has 0 saturated heterocycles. The molecule has 0 spiro atoms. The molecule has 0 aliphatic rings. The highest BCUT2D eigenvalue weighted by Gasteiger charge is 2.08. The number of H-pyrrole nitrogens is 1. The van der Waals surface area contributed by atoms with Gasteiger partial charge in [0.05, 0.1) is 6.10 Å². The number of nitrogens with one attached hydrogen (secondary N) is 1. The Bertz CT molecular complexity index is 431. The number of aromatic hydroxyl groups is 1. The second-order valence-electron chi connectivity index (χ2n) is 3.15. The smallest absolute Gasteiger partial charge is 0.116 e. The van der Waals surface area contributed by atoms with Crippen LogP contribution in [0.5, 0.6) is 5.75 Å². The van der Waals surface area contributed by atoms with Crippen molar-refractivity contribution < 1.29 is 10.2 Å². The van der Waals surface area contributed by atoms with Gasteiger partial charge in [-0.2, -0.15) is 0 Å². The summed E-state index contributed by atoms with van der Waals surface area (Å²) < 4.78 is 0. The lowest BCUT2D eigenvalue weighted by Gasteiger charge is -2.01. The molecule has 1 aromatic heterocycles. The average molecular weight is 177 g/mol. The summed E-state index contributed by atoms with van der Waals surface area (Å²) in [5, 5.41) is 19.5. The van der Waals surface area contributed by atoms with Crippen LogP contribution in [0.2, 0.25) is 0 Å². The predicted molar refractivity (Wildman–Crippen MR) is 50.6 cm³/mol. The van der Waals surface area contributed by atoms with E-state index in [2.05, 4.69) is 4.98 Å². The Morgan fingerprint density at radius 1 is 1.38 bits per heavy atom. The summed E-state index contributed by atoms with van der Waals surface area (Å²) in [5.41, 5.74) is 1.74. The summed E-state index contributed by atoms with van der Waals surface area (Å²) in [4.78, 5) is 3.03. The molecule has 3 nitrogen and oxygen atoms in total. The van der Waals surface area contributed by atoms with E-state index < -0.39 is 6.10 Å². The SMILES string of the molecule is CC(O)c1c[nH]c2ccc(O)cc12. The zero-order valence-electron chi connectivity index (χ0n) is 7.28. The van der Waals surface area contributed by atoms with E-state index in [-0.39, 0.29) is 5.75 Å². The van der Waals surface area contributed by atoms with Gasteiger partial charge in [-0.25, -0.2) is 0 Å². The van der Waals surface area contributed by atoms with Gasteiger partial charge in [0.15, 0.2) is 0 Å². The lowest BCUT2D eigenvalue weighted by molar-refractivity contribution is 0.201. The maximum absolute atomic E-state index is 9.40. The van der Waals surface area contributed by atoms with Gasteiger partial charge in [-0.3, -0.25) is 0 Å². The molecule has 2 rings (SSSR count). The van der Waals surface area contributed by atoms with E-state index >= 15 is 0 Å². The molecule has 1 unspecified atom stereocenters. The Labute approximate surface area is 75.6 Å². The fraction of sp³-hybridized carbons (Fsp3) is 0.200. The number of aromatic nitrogens is 1. The Morgan fingerprint density at radius 3 is 2.85 bits per heavy atom. The highest BCUT2D eigenvalue weighted by atomic mass is 16.3. The highest BCUT2D eigenvalue weighted by Crippen LogP contribution is 2.26. The fourth-order valence-electron chi connectivity index (χ4n) is 1.48. The van der Waals surface area contributed by atoms with Crippen LogP contribution >= 0.6 is 0 Å². The lowest BCUT2D eigenvalue weighted by atomic mass is 10.1. The number of hydrogen-bond acceptors (Lipinski definition) is 2. The zero-order valence-corrected chi connectivity index (χ0v) is 7.28. The fourth-order valence-corrected chi connectivity index (χ4v) is 1.48. The summed E-state index contributed by atoms with van der Waals surface area (Å²) in [5.74, 6) is 0.217. The predicted octanol–water partition coefficient (Wildman–Crippen LogP) is 1.93. The number of aliphatic hydroxyl groups is 1. The summed E-state index contributed by atoms with van der Waals surface area (Å²) in [6, 6.07) is 5.05. The van der Waals surface area contributed by atoms with Crippen LogP contribution in [0, 0.1) is 0 Å². The van der Waals surface area contributed by atoms with Crippen molar-refractivity contribution in [2.24, 2.45) is 0 Å². The zero-order chi connectivity index (χ0) is 9.42. The van der Waals surface area contributed by atoms with Crippen LogP contribution in [0.1, 0.15) is 18.6 Å². The molecule has 3 N–H and O–H groups in total. The van der Waals surface area contributed by atoms with Gasteiger partial charge >= 0.3 is 0 Å². The Hall–Kier alpha value is -1.48. The van der Waals surface area contributed by atoms with Crippen LogP contribution in [0.25, 0.3) is 10.9 Å². The first kappa shape index (κ1) is 8.13. The third kappa shape index (κ3) is 1.27. The molecule has 0 amide bonds. The van der Waals surface area contributed by atoms with E-state index in [0.29, 0.717) is 0 Å². The molecule has 2 aromatic rings. The van der Waals surface area contributed by atoms with Gasteiger partial charge in [0.2, 0.25) is 0 Å². The molecule has 13 heavy (non-hydrogen) atoms. The molecule has 1 atom stereocenters. The number of aliphatic hydroxyl groups excluding tert-OH is 1. The molecule has 1 aromatic carbocycles. The molecule has 0 radical (unpaired) electrons. The molecule has 0 aliphatic carbocycles. The molecular weight excluding hydrogens is 166 g/mol. The monoisotopic (exact) mass is 177 g/mol. The summed E-state index contributed by atoms with van der Waals surface area (Å²) in [6.07, 6.45) is 1.24. The molecule has 1 heterocycles. The first-order valence-corrected chi connectivity index (χ1v) is 4.16. The molecule has 0 aliphatic heterocycles. The normalized spacial score (nSPS) is 13.4. The van der Waals surface area contributed by atoms with Crippen molar-refractivity contribution in [2.45, 2.75) is 13.0 Å². The van der Waals surface area contributed by atoms with Gasteiger partial charge in [0.1, 0.15) is 5.75 Å². The standard InChI is InChI=1S/C10H11NO2/c1-6(12)9-5-11-10-3-2-7(13)4-8(9)10/h2-6,11-13H,1H3. The van der Waals surface area contributed by atoms with E-state index in [1.807, 2.05) is 0 Å². The lowest BCUT2D eigenvalue weighted by Crippen LogP contribution is -1.87. The van der Waals surface area contributed by atoms with Crippen LogP contribution < -0.4 is 0 Å². The number of phenolic OH excluding ortho intramolecular Hbond substituents is 1. The van der Waals surface area contributed by atoms with E-state index in [1.54, 1.807) is 31.3 Å². The number of hydrogen-bond donors (Lipinski definition) is 3. The molecule has 3 heteroatoms. The van der Waals surface area contributed by atoms with E-state index in [0.717, 1.165) is 16.5 Å². The molecule has 0 saturated carbocycles. The Kier molecular flexibility index (Phi) is 1.74. The van der Waals surface area contributed by atoms with Gasteiger partial charge in [-0.1, -0.05) is 0 Å². The summed E-state index contributed by atoms with van der Waals surface area (Å²) in [6.45, 7) is 1.70. The number of rotatable bonds is 1. The minimum Gasteiger partial charge on any atom is -0.508 e. The summed E-state index contributed by atoms with van der Waals surface area (Å²) >= 11 is 0. The number of fused-ring (bicyclic) bond motifs is 1. The van der Waals surface area contributed by atoms with Crippen molar-refractivity contribution in [1.82, 2.24) is 4.98 Å². The largest absolute Gasteiger partial charge is 0.508 e. The second-order valence-corrected chi connectivity index (χ2v) is 3.15. The van der Waals surface area contributed by atoms with Gasteiger partial charge in [0, 0.05) is 22.7 Å². The van der Waals surface area contributed by atoms with Crippen LogP contribution in [-0.2, 0) is 0 Å². The topological polar surface area (TPSA) is 56.2 Å². The van der Waals surface area contributed by atoms with Gasteiger partial charge in [-0.15, -0.1) is 0 Å². The van der Waals surface area contributed by atoms with E-state index in [9.17, 15) is 10.2 Å². The number of benzene rings is 1. The van der Waals surface area contributed by atoms with Crippen LogP contribution in [0.4, 0.5) is 0 Å². The highest BCUT2D eigenvalue weighted by molar-refractivity contribution is 5.84. The third-order valence-electron chi connectivity index (χ3n) is 2.15. The van der Waals surface area contributed by atoms with E-state index in [4.69, 9.17) is 0 Å². The van der Waals surface area contributed by atoms with Gasteiger partial charge in [0.25, 0.3) is 0 Å². The van der Waals surface area contributed by atoms with Crippen LogP contribution in [0.3, 0.4) is 0 Å². The average Bonchev–Trinajstić information content (AvgIpc) is 2.46. The molecule has 68 valence electrons. The van der Waals surface area contributed by atoms with Crippen molar-refractivity contribution in [2.75, 3.05) is 0 Å². The maximum atomic E-state index is 9.40. The number of aromatic amines is 1. The number of phenols is 1.